The molecule has 1 aliphatic heterocycles. The molecular formula is C11H15BrClN3. The quantitative estimate of drug-likeness (QED) is 0.931. The molecule has 2 heterocycles. The van der Waals surface area contributed by atoms with Crippen molar-refractivity contribution >= 4 is 33.3 Å². The maximum atomic E-state index is 5.84. The molecule has 0 radical (unpaired) electrons. The zero-order chi connectivity index (χ0) is 11.5. The lowest BCUT2D eigenvalue weighted by molar-refractivity contribution is 0.399. The van der Waals surface area contributed by atoms with Crippen molar-refractivity contribution in [3.8, 4) is 0 Å². The molecule has 1 aromatic heterocycles. The van der Waals surface area contributed by atoms with Gasteiger partial charge in [0, 0.05) is 19.3 Å². The summed E-state index contributed by atoms with van der Waals surface area (Å²) in [6.07, 6.45) is 2.92. The van der Waals surface area contributed by atoms with E-state index < -0.39 is 0 Å². The van der Waals surface area contributed by atoms with E-state index in [0.29, 0.717) is 5.02 Å². The maximum Gasteiger partial charge on any atom is 0.140 e. The number of hydrogen-bond donors (Lipinski definition) is 1. The number of likely N-dealkylation sites (tertiary alicyclic amines) is 1. The lowest BCUT2D eigenvalue weighted by atomic mass is 10.1. The normalized spacial score (nSPS) is 21.3. The fraction of sp³-hybridized carbons (Fsp3) is 0.545. The molecule has 0 aliphatic carbocycles. The molecule has 0 bridgehead atoms. The third-order valence-corrected chi connectivity index (χ3v) is 3.67. The van der Waals surface area contributed by atoms with Crippen LogP contribution in [0.4, 0.5) is 5.82 Å². The highest BCUT2D eigenvalue weighted by atomic mass is 79.9. The number of nitrogens with one attached hydrogen (secondary N) is 1. The Bertz CT molecular complexity index is 372. The van der Waals surface area contributed by atoms with Crippen molar-refractivity contribution in [3.63, 3.8) is 0 Å². The average Bonchev–Trinajstić information content (AvgIpc) is 2.63. The molecule has 1 saturated heterocycles. The Kier molecular flexibility index (Phi) is 4.05. The molecule has 5 heteroatoms. The second kappa shape index (κ2) is 5.34. The molecule has 0 saturated carbocycles. The van der Waals surface area contributed by atoms with E-state index in [2.05, 4.69) is 38.2 Å². The standard InChI is InChI=1S/C11H15BrClN3/c1-16-3-2-8(7-16)5-14-11-10(12)4-9(13)6-15-11/h4,6,8H,2-3,5,7H2,1H3,(H,14,15). The molecule has 0 aromatic carbocycles. The van der Waals surface area contributed by atoms with Crippen LogP contribution in [0.2, 0.25) is 5.02 Å². The van der Waals surface area contributed by atoms with Gasteiger partial charge in [-0.05, 0) is 47.9 Å². The molecule has 1 aromatic rings. The molecule has 1 fully saturated rings. The molecule has 0 amide bonds. The summed E-state index contributed by atoms with van der Waals surface area (Å²) < 4.78 is 0.923. The third kappa shape index (κ3) is 3.09. The summed E-state index contributed by atoms with van der Waals surface area (Å²) in [7, 11) is 2.16. The van der Waals surface area contributed by atoms with E-state index in [1.54, 1.807) is 6.20 Å². The van der Waals surface area contributed by atoms with Gasteiger partial charge in [-0.15, -0.1) is 0 Å². The summed E-state index contributed by atoms with van der Waals surface area (Å²) in [6, 6.07) is 1.86. The van der Waals surface area contributed by atoms with Gasteiger partial charge in [0.15, 0.2) is 0 Å². The van der Waals surface area contributed by atoms with Crippen LogP contribution >= 0.6 is 27.5 Å². The third-order valence-electron chi connectivity index (χ3n) is 2.85. The van der Waals surface area contributed by atoms with Gasteiger partial charge in [0.25, 0.3) is 0 Å². The SMILES string of the molecule is CN1CCC(CNc2ncc(Cl)cc2Br)C1. The summed E-state index contributed by atoms with van der Waals surface area (Å²) >= 11 is 9.29. The monoisotopic (exact) mass is 303 g/mol. The Balaban J connectivity index is 1.89. The Morgan fingerprint density at radius 1 is 1.69 bits per heavy atom. The van der Waals surface area contributed by atoms with Crippen LogP contribution in [0, 0.1) is 5.92 Å². The van der Waals surface area contributed by atoms with Gasteiger partial charge >= 0.3 is 0 Å². The topological polar surface area (TPSA) is 28.2 Å². The van der Waals surface area contributed by atoms with Crippen molar-refractivity contribution in [1.82, 2.24) is 9.88 Å². The predicted octanol–water partition coefficient (Wildman–Crippen LogP) is 2.86. The van der Waals surface area contributed by atoms with E-state index in [4.69, 9.17) is 11.6 Å². The van der Waals surface area contributed by atoms with Crippen molar-refractivity contribution < 1.29 is 0 Å². The zero-order valence-electron chi connectivity index (χ0n) is 9.21. The lowest BCUT2D eigenvalue weighted by Crippen LogP contribution is -2.19. The van der Waals surface area contributed by atoms with Crippen LogP contribution in [0.25, 0.3) is 0 Å². The second-order valence-corrected chi connectivity index (χ2v) is 5.57. The van der Waals surface area contributed by atoms with Gasteiger partial charge in [0.05, 0.1) is 9.50 Å². The summed E-state index contributed by atoms with van der Waals surface area (Å²) in [5.41, 5.74) is 0. The fourth-order valence-corrected chi connectivity index (χ4v) is 2.76. The Morgan fingerprint density at radius 3 is 3.12 bits per heavy atom. The van der Waals surface area contributed by atoms with Crippen LogP contribution in [0.5, 0.6) is 0 Å². The molecule has 3 nitrogen and oxygen atoms in total. The maximum absolute atomic E-state index is 5.84. The van der Waals surface area contributed by atoms with Crippen LogP contribution in [-0.4, -0.2) is 36.6 Å². The second-order valence-electron chi connectivity index (χ2n) is 4.28. The fourth-order valence-electron chi connectivity index (χ4n) is 1.98. The zero-order valence-corrected chi connectivity index (χ0v) is 11.6. The van der Waals surface area contributed by atoms with Crippen molar-refractivity contribution in [2.24, 2.45) is 5.92 Å². The van der Waals surface area contributed by atoms with Gasteiger partial charge in [-0.1, -0.05) is 11.6 Å². The number of halogens is 2. The van der Waals surface area contributed by atoms with Crippen LogP contribution in [0.15, 0.2) is 16.7 Å². The summed E-state index contributed by atoms with van der Waals surface area (Å²) in [6.45, 7) is 3.33. The minimum absolute atomic E-state index is 0.651. The summed E-state index contributed by atoms with van der Waals surface area (Å²) in [4.78, 5) is 6.61. The van der Waals surface area contributed by atoms with E-state index in [9.17, 15) is 0 Å². The molecular weight excluding hydrogens is 289 g/mol. The van der Waals surface area contributed by atoms with Crippen LogP contribution in [-0.2, 0) is 0 Å². The molecule has 16 heavy (non-hydrogen) atoms. The summed E-state index contributed by atoms with van der Waals surface area (Å²) in [5.74, 6) is 1.59. The molecule has 0 spiro atoms. The van der Waals surface area contributed by atoms with Crippen molar-refractivity contribution in [3.05, 3.63) is 21.8 Å². The number of nitrogens with zero attached hydrogens (tertiary/aromatic N) is 2. The van der Waals surface area contributed by atoms with E-state index in [1.807, 2.05) is 6.07 Å². The van der Waals surface area contributed by atoms with Crippen LogP contribution < -0.4 is 5.32 Å². The Morgan fingerprint density at radius 2 is 2.50 bits per heavy atom. The number of hydrogen-bond acceptors (Lipinski definition) is 3. The van der Waals surface area contributed by atoms with E-state index in [0.717, 1.165) is 29.3 Å². The Labute approximate surface area is 109 Å². The largest absolute Gasteiger partial charge is 0.369 e. The number of aromatic nitrogens is 1. The molecule has 2 rings (SSSR count). The van der Waals surface area contributed by atoms with Gasteiger partial charge in [-0.2, -0.15) is 0 Å². The highest BCUT2D eigenvalue weighted by Gasteiger charge is 2.19. The number of pyridine rings is 1. The predicted molar refractivity (Wildman–Crippen MR) is 71.0 cm³/mol. The first-order valence-corrected chi connectivity index (χ1v) is 6.55. The minimum Gasteiger partial charge on any atom is -0.369 e. The van der Waals surface area contributed by atoms with E-state index >= 15 is 0 Å². The van der Waals surface area contributed by atoms with Crippen molar-refractivity contribution in [2.45, 2.75) is 6.42 Å². The molecule has 1 atom stereocenters. The smallest absolute Gasteiger partial charge is 0.140 e. The van der Waals surface area contributed by atoms with Crippen molar-refractivity contribution in [1.29, 1.82) is 0 Å². The lowest BCUT2D eigenvalue weighted by Gasteiger charge is -2.13. The molecule has 88 valence electrons. The average molecular weight is 305 g/mol. The van der Waals surface area contributed by atoms with E-state index in [1.165, 1.54) is 13.0 Å². The van der Waals surface area contributed by atoms with Gasteiger partial charge in [-0.25, -0.2) is 4.98 Å². The highest BCUT2D eigenvalue weighted by molar-refractivity contribution is 9.10. The Hall–Kier alpha value is -0.320. The first-order valence-electron chi connectivity index (χ1n) is 5.38. The van der Waals surface area contributed by atoms with Gasteiger partial charge in [0.2, 0.25) is 0 Å². The molecule has 1 unspecified atom stereocenters. The first-order chi connectivity index (χ1) is 7.65. The van der Waals surface area contributed by atoms with Crippen LogP contribution in [0.1, 0.15) is 6.42 Å². The minimum atomic E-state index is 0.651. The molecule has 1 aliphatic rings. The van der Waals surface area contributed by atoms with Gasteiger partial charge in [0.1, 0.15) is 5.82 Å². The number of rotatable bonds is 3. The van der Waals surface area contributed by atoms with E-state index in [-0.39, 0.29) is 0 Å². The van der Waals surface area contributed by atoms with Crippen molar-refractivity contribution in [2.75, 3.05) is 32.0 Å². The number of anilines is 1. The van der Waals surface area contributed by atoms with Crippen LogP contribution in [0.3, 0.4) is 0 Å². The highest BCUT2D eigenvalue weighted by Crippen LogP contribution is 2.24. The first kappa shape index (κ1) is 12.1. The van der Waals surface area contributed by atoms with Gasteiger partial charge in [-0.3, -0.25) is 0 Å². The van der Waals surface area contributed by atoms with Gasteiger partial charge < -0.3 is 10.2 Å². The summed E-state index contributed by atoms with van der Waals surface area (Å²) in [5, 5.41) is 4.01. The molecule has 1 N–H and O–H groups in total.